The van der Waals surface area contributed by atoms with Crippen molar-refractivity contribution < 1.29 is 4.79 Å². The molecule has 0 saturated heterocycles. The molecular weight excluding hydrogens is 308 g/mol. The van der Waals surface area contributed by atoms with E-state index in [0.717, 1.165) is 29.8 Å². The van der Waals surface area contributed by atoms with E-state index in [9.17, 15) is 4.79 Å². The SMILES string of the molecule is CN(C)c1ccc(NC(=O)C(c2ccc(Cl)cc2)C2CC2)cc1. The van der Waals surface area contributed by atoms with Crippen LogP contribution in [0.4, 0.5) is 11.4 Å². The minimum atomic E-state index is -0.0965. The van der Waals surface area contributed by atoms with E-state index in [-0.39, 0.29) is 11.8 Å². The van der Waals surface area contributed by atoms with Crippen molar-refractivity contribution in [2.24, 2.45) is 5.92 Å². The lowest BCUT2D eigenvalue weighted by molar-refractivity contribution is -0.118. The molecule has 3 nitrogen and oxygen atoms in total. The maximum absolute atomic E-state index is 12.7. The second kappa shape index (κ2) is 6.63. The molecule has 1 N–H and O–H groups in total. The first-order valence-electron chi connectivity index (χ1n) is 7.88. The van der Waals surface area contributed by atoms with E-state index < -0.39 is 0 Å². The smallest absolute Gasteiger partial charge is 0.232 e. The van der Waals surface area contributed by atoms with Gasteiger partial charge >= 0.3 is 0 Å². The second-order valence-corrected chi connectivity index (χ2v) is 6.73. The van der Waals surface area contributed by atoms with Crippen molar-refractivity contribution in [3.05, 3.63) is 59.1 Å². The van der Waals surface area contributed by atoms with Crippen molar-refractivity contribution in [2.45, 2.75) is 18.8 Å². The highest BCUT2D eigenvalue weighted by atomic mass is 35.5. The van der Waals surface area contributed by atoms with Gasteiger partial charge in [-0.1, -0.05) is 23.7 Å². The summed E-state index contributed by atoms with van der Waals surface area (Å²) in [4.78, 5) is 14.8. The van der Waals surface area contributed by atoms with E-state index in [1.54, 1.807) is 0 Å². The van der Waals surface area contributed by atoms with E-state index in [0.29, 0.717) is 10.9 Å². The van der Waals surface area contributed by atoms with Crippen LogP contribution in [0.5, 0.6) is 0 Å². The van der Waals surface area contributed by atoms with Crippen molar-refractivity contribution >= 4 is 28.9 Å². The van der Waals surface area contributed by atoms with Gasteiger partial charge < -0.3 is 10.2 Å². The lowest BCUT2D eigenvalue weighted by atomic mass is 9.93. The molecule has 23 heavy (non-hydrogen) atoms. The quantitative estimate of drug-likeness (QED) is 0.874. The molecule has 1 aliphatic rings. The third-order valence-corrected chi connectivity index (χ3v) is 4.51. The summed E-state index contributed by atoms with van der Waals surface area (Å²) in [5.41, 5.74) is 2.99. The van der Waals surface area contributed by atoms with E-state index in [1.807, 2.05) is 67.5 Å². The molecule has 120 valence electrons. The van der Waals surface area contributed by atoms with Gasteiger partial charge in [0.05, 0.1) is 5.92 Å². The third-order valence-electron chi connectivity index (χ3n) is 4.26. The van der Waals surface area contributed by atoms with E-state index in [2.05, 4.69) is 5.32 Å². The summed E-state index contributed by atoms with van der Waals surface area (Å²) in [5, 5.41) is 3.75. The highest BCUT2D eigenvalue weighted by Gasteiger charge is 2.37. The Labute approximate surface area is 142 Å². The van der Waals surface area contributed by atoms with E-state index in [1.165, 1.54) is 0 Å². The number of nitrogens with one attached hydrogen (secondary N) is 1. The highest BCUT2D eigenvalue weighted by molar-refractivity contribution is 6.30. The molecule has 1 fully saturated rings. The van der Waals surface area contributed by atoms with Crippen LogP contribution >= 0.6 is 11.6 Å². The first-order chi connectivity index (χ1) is 11.0. The number of amides is 1. The minimum Gasteiger partial charge on any atom is -0.378 e. The van der Waals surface area contributed by atoms with Gasteiger partial charge in [0.25, 0.3) is 0 Å². The molecule has 1 saturated carbocycles. The zero-order chi connectivity index (χ0) is 16.4. The van der Waals surface area contributed by atoms with Crippen LogP contribution in [0, 0.1) is 5.92 Å². The van der Waals surface area contributed by atoms with Crippen LogP contribution in [-0.4, -0.2) is 20.0 Å². The number of hydrogen-bond donors (Lipinski definition) is 1. The zero-order valence-corrected chi connectivity index (χ0v) is 14.2. The Morgan fingerprint density at radius 3 is 2.22 bits per heavy atom. The Kier molecular flexibility index (Phi) is 4.58. The number of benzene rings is 2. The lowest BCUT2D eigenvalue weighted by Crippen LogP contribution is -2.22. The van der Waals surface area contributed by atoms with Gasteiger partial charge in [-0.3, -0.25) is 4.79 Å². The fourth-order valence-electron chi connectivity index (χ4n) is 2.80. The molecule has 3 rings (SSSR count). The average Bonchev–Trinajstić information content (AvgIpc) is 3.35. The molecule has 0 aromatic heterocycles. The standard InChI is InChI=1S/C19H21ClN2O/c1-22(2)17-11-9-16(10-12-17)21-19(23)18(13-3-4-13)14-5-7-15(20)8-6-14/h5-13,18H,3-4H2,1-2H3,(H,21,23). The van der Waals surface area contributed by atoms with Gasteiger partial charge in [0, 0.05) is 30.5 Å². The van der Waals surface area contributed by atoms with Gasteiger partial charge in [-0.05, 0) is 60.7 Å². The molecule has 0 heterocycles. The van der Waals surface area contributed by atoms with E-state index >= 15 is 0 Å². The predicted molar refractivity (Wildman–Crippen MR) is 96.3 cm³/mol. The number of halogens is 1. The lowest BCUT2D eigenvalue weighted by Gasteiger charge is -2.18. The van der Waals surface area contributed by atoms with Crippen molar-refractivity contribution in [1.82, 2.24) is 0 Å². The summed E-state index contributed by atoms with van der Waals surface area (Å²) in [6.07, 6.45) is 2.22. The number of hydrogen-bond acceptors (Lipinski definition) is 2. The van der Waals surface area contributed by atoms with E-state index in [4.69, 9.17) is 11.6 Å². The van der Waals surface area contributed by atoms with Gasteiger partial charge in [0.15, 0.2) is 0 Å². The van der Waals surface area contributed by atoms with Gasteiger partial charge in [-0.15, -0.1) is 0 Å². The van der Waals surface area contributed by atoms with Crippen LogP contribution in [0.3, 0.4) is 0 Å². The Bertz CT molecular complexity index is 676. The molecule has 0 aliphatic heterocycles. The summed E-state index contributed by atoms with van der Waals surface area (Å²) < 4.78 is 0. The Morgan fingerprint density at radius 2 is 1.70 bits per heavy atom. The molecule has 4 heteroatoms. The first kappa shape index (κ1) is 15.9. The number of nitrogens with zero attached hydrogens (tertiary/aromatic N) is 1. The maximum Gasteiger partial charge on any atom is 0.232 e. The van der Waals surface area contributed by atoms with Crippen LogP contribution in [0.2, 0.25) is 5.02 Å². The Morgan fingerprint density at radius 1 is 1.09 bits per heavy atom. The summed E-state index contributed by atoms with van der Waals surface area (Å²) in [6.45, 7) is 0. The minimum absolute atomic E-state index is 0.0624. The molecule has 0 radical (unpaired) electrons. The monoisotopic (exact) mass is 328 g/mol. The van der Waals surface area contributed by atoms with Crippen LogP contribution in [0.1, 0.15) is 24.3 Å². The van der Waals surface area contributed by atoms with Crippen molar-refractivity contribution in [2.75, 3.05) is 24.3 Å². The normalized spacial score (nSPS) is 15.1. The molecule has 1 amide bonds. The molecule has 1 unspecified atom stereocenters. The molecule has 0 spiro atoms. The molecule has 1 atom stereocenters. The number of carbonyl (C=O) groups is 1. The molecule has 2 aromatic rings. The molecule has 1 aliphatic carbocycles. The Hall–Kier alpha value is -2.00. The summed E-state index contributed by atoms with van der Waals surface area (Å²) in [7, 11) is 3.99. The number of anilines is 2. The van der Waals surface area contributed by atoms with Crippen molar-refractivity contribution in [3.8, 4) is 0 Å². The Balaban J connectivity index is 1.75. The maximum atomic E-state index is 12.7. The van der Waals surface area contributed by atoms with Gasteiger partial charge in [-0.2, -0.15) is 0 Å². The number of rotatable bonds is 5. The molecule has 2 aromatic carbocycles. The second-order valence-electron chi connectivity index (χ2n) is 6.30. The molecule has 0 bridgehead atoms. The predicted octanol–water partition coefficient (Wildman–Crippen LogP) is 4.54. The zero-order valence-electron chi connectivity index (χ0n) is 13.4. The van der Waals surface area contributed by atoms with Crippen molar-refractivity contribution in [1.29, 1.82) is 0 Å². The third kappa shape index (κ3) is 3.85. The summed E-state index contributed by atoms with van der Waals surface area (Å²) in [6, 6.07) is 15.5. The van der Waals surface area contributed by atoms with Gasteiger partial charge in [0.1, 0.15) is 0 Å². The van der Waals surface area contributed by atoms with Crippen LogP contribution in [-0.2, 0) is 4.79 Å². The summed E-state index contributed by atoms with van der Waals surface area (Å²) in [5.74, 6) is 0.408. The molecular formula is C19H21ClN2O. The van der Waals surface area contributed by atoms with Crippen LogP contribution in [0.15, 0.2) is 48.5 Å². The van der Waals surface area contributed by atoms with Gasteiger partial charge in [-0.25, -0.2) is 0 Å². The first-order valence-corrected chi connectivity index (χ1v) is 8.26. The fraction of sp³-hybridized carbons (Fsp3) is 0.316. The topological polar surface area (TPSA) is 32.3 Å². The number of carbonyl (C=O) groups excluding carboxylic acids is 1. The largest absolute Gasteiger partial charge is 0.378 e. The fourth-order valence-corrected chi connectivity index (χ4v) is 2.93. The highest BCUT2D eigenvalue weighted by Crippen LogP contribution is 2.43. The summed E-state index contributed by atoms with van der Waals surface area (Å²) >= 11 is 5.96. The van der Waals surface area contributed by atoms with Crippen LogP contribution in [0.25, 0.3) is 0 Å². The van der Waals surface area contributed by atoms with Crippen LogP contribution < -0.4 is 10.2 Å². The average molecular weight is 329 g/mol. The van der Waals surface area contributed by atoms with Gasteiger partial charge in [0.2, 0.25) is 5.91 Å². The van der Waals surface area contributed by atoms with Crippen molar-refractivity contribution in [3.63, 3.8) is 0 Å².